The lowest BCUT2D eigenvalue weighted by Crippen LogP contribution is -2.12. The number of para-hydroxylation sites is 2. The Hall–Kier alpha value is -3.50. The van der Waals surface area contributed by atoms with E-state index >= 15 is 0 Å². The van der Waals surface area contributed by atoms with Crippen molar-refractivity contribution in [1.82, 2.24) is 0 Å². The van der Waals surface area contributed by atoms with Crippen molar-refractivity contribution >= 4 is 43.2 Å². The van der Waals surface area contributed by atoms with Crippen LogP contribution in [0.15, 0.2) is 93.3 Å². The molecule has 0 radical (unpaired) electrons. The summed E-state index contributed by atoms with van der Waals surface area (Å²) in [5.41, 5.74) is 0.868. The van der Waals surface area contributed by atoms with Gasteiger partial charge in [0.25, 0.3) is 15.7 Å². The third kappa shape index (κ3) is 4.49. The van der Waals surface area contributed by atoms with Gasteiger partial charge in [-0.3, -0.25) is 19.0 Å². The Kier molecular flexibility index (Phi) is 5.57. The van der Waals surface area contributed by atoms with Crippen LogP contribution in [0, 0.1) is 10.1 Å². The van der Waals surface area contributed by atoms with E-state index in [0.29, 0.717) is 21.4 Å². The molecule has 8 nitrogen and oxygen atoms in total. The summed E-state index contributed by atoms with van der Waals surface area (Å²) in [6.07, 6.45) is 0. The Morgan fingerprint density at radius 2 is 1.71 bits per heavy atom. The van der Waals surface area contributed by atoms with Crippen molar-refractivity contribution in [3.8, 4) is 0 Å². The number of nitro groups is 1. The van der Waals surface area contributed by atoms with Gasteiger partial charge in [0.05, 0.1) is 27.2 Å². The molecule has 0 spiro atoms. The summed E-state index contributed by atoms with van der Waals surface area (Å²) in [5.74, 6) is -0.0725. The fourth-order valence-electron chi connectivity index (χ4n) is 3.03. The number of hydrogen-bond acceptors (Lipinski definition) is 6. The highest BCUT2D eigenvalue weighted by molar-refractivity contribution is 7.92. The van der Waals surface area contributed by atoms with Gasteiger partial charge in [-0.1, -0.05) is 42.5 Å². The Morgan fingerprint density at radius 3 is 2.48 bits per heavy atom. The Morgan fingerprint density at radius 1 is 0.968 bits per heavy atom. The number of nitrogens with one attached hydrogen (secondary N) is 1. The van der Waals surface area contributed by atoms with Crippen molar-refractivity contribution in [3.05, 3.63) is 94.5 Å². The van der Waals surface area contributed by atoms with Crippen LogP contribution < -0.4 is 4.72 Å². The highest BCUT2D eigenvalue weighted by atomic mass is 32.2. The van der Waals surface area contributed by atoms with Gasteiger partial charge in [0.2, 0.25) is 5.09 Å². The van der Waals surface area contributed by atoms with Crippen LogP contribution in [-0.4, -0.2) is 17.6 Å². The number of nitrogens with zero attached hydrogens (tertiary/aromatic N) is 1. The second-order valence-electron chi connectivity index (χ2n) is 6.61. The van der Waals surface area contributed by atoms with E-state index in [1.807, 2.05) is 0 Å². The fourth-order valence-corrected chi connectivity index (χ4v) is 5.23. The zero-order valence-electron chi connectivity index (χ0n) is 15.9. The van der Waals surface area contributed by atoms with E-state index in [2.05, 4.69) is 4.72 Å². The molecule has 0 fully saturated rings. The van der Waals surface area contributed by atoms with Crippen LogP contribution in [-0.2, 0) is 26.6 Å². The molecular formula is C21H16N2O6S2. The molecule has 4 rings (SSSR count). The molecule has 31 heavy (non-hydrogen) atoms. The van der Waals surface area contributed by atoms with Crippen LogP contribution in [0.5, 0.6) is 0 Å². The number of fused-ring (bicyclic) bond motifs is 1. The first kappa shape index (κ1) is 20.8. The monoisotopic (exact) mass is 456 g/mol. The van der Waals surface area contributed by atoms with E-state index in [0.717, 1.165) is 0 Å². The van der Waals surface area contributed by atoms with Crippen LogP contribution in [0.25, 0.3) is 11.0 Å². The van der Waals surface area contributed by atoms with Gasteiger partial charge in [-0.05, 0) is 24.3 Å². The second kappa shape index (κ2) is 8.32. The van der Waals surface area contributed by atoms with E-state index in [1.165, 1.54) is 30.3 Å². The third-order valence-electron chi connectivity index (χ3n) is 4.49. The molecule has 0 saturated carbocycles. The van der Waals surface area contributed by atoms with E-state index in [1.54, 1.807) is 48.5 Å². The lowest BCUT2D eigenvalue weighted by molar-refractivity contribution is -0.385. The maximum Gasteiger partial charge on any atom is 0.295 e. The molecule has 0 aliphatic rings. The van der Waals surface area contributed by atoms with Crippen LogP contribution in [0.2, 0.25) is 0 Å². The quantitative estimate of drug-likeness (QED) is 0.324. The van der Waals surface area contributed by atoms with Gasteiger partial charge in [-0.25, -0.2) is 0 Å². The molecule has 158 valence electrons. The lowest BCUT2D eigenvalue weighted by Gasteiger charge is -2.08. The topological polar surface area (TPSA) is 120 Å². The highest BCUT2D eigenvalue weighted by Gasteiger charge is 2.21. The molecule has 0 bridgehead atoms. The zero-order valence-corrected chi connectivity index (χ0v) is 17.6. The molecule has 0 aliphatic carbocycles. The van der Waals surface area contributed by atoms with Crippen molar-refractivity contribution in [2.24, 2.45) is 0 Å². The smallest absolute Gasteiger partial charge is 0.295 e. The minimum Gasteiger partial charge on any atom is -0.443 e. The number of nitro benzene ring substituents is 1. The van der Waals surface area contributed by atoms with Gasteiger partial charge < -0.3 is 4.42 Å². The zero-order chi connectivity index (χ0) is 22.0. The average Bonchev–Trinajstić information content (AvgIpc) is 3.19. The summed E-state index contributed by atoms with van der Waals surface area (Å²) in [4.78, 5) is 11.0. The number of hydrogen-bond donors (Lipinski definition) is 1. The van der Waals surface area contributed by atoms with Gasteiger partial charge in [0, 0.05) is 28.0 Å². The van der Waals surface area contributed by atoms with E-state index < -0.39 is 25.7 Å². The summed E-state index contributed by atoms with van der Waals surface area (Å²) < 4.78 is 46.0. The Labute approximate surface area is 180 Å². The molecule has 3 aromatic carbocycles. The molecule has 1 heterocycles. The minimum atomic E-state index is -4.00. The predicted molar refractivity (Wildman–Crippen MR) is 117 cm³/mol. The van der Waals surface area contributed by atoms with Crippen LogP contribution in [0.4, 0.5) is 11.4 Å². The molecule has 0 amide bonds. The molecule has 4 aromatic rings. The fraction of sp³-hybridized carbons (Fsp3) is 0.0476. The number of furan rings is 1. The van der Waals surface area contributed by atoms with E-state index in [-0.39, 0.29) is 22.2 Å². The normalized spacial score (nSPS) is 12.5. The largest absolute Gasteiger partial charge is 0.443 e. The number of sulfonamides is 1. The third-order valence-corrected chi connectivity index (χ3v) is 7.08. The molecule has 1 N–H and O–H groups in total. The van der Waals surface area contributed by atoms with Crippen molar-refractivity contribution in [3.63, 3.8) is 0 Å². The highest BCUT2D eigenvalue weighted by Crippen LogP contribution is 2.26. The standard InChI is InChI=1S/C21H16N2O6S2/c24-23(25)19-10-3-1-7-16(19)14-30(26)18-9-5-8-17(13-18)22-31(27,28)21-12-15-6-2-4-11-20(15)29-21/h1-13,22H,14H2. The van der Waals surface area contributed by atoms with Gasteiger partial charge in [-0.2, -0.15) is 8.42 Å². The summed E-state index contributed by atoms with van der Waals surface area (Å²) in [7, 11) is -5.62. The van der Waals surface area contributed by atoms with Crippen molar-refractivity contribution in [2.45, 2.75) is 15.7 Å². The van der Waals surface area contributed by atoms with Gasteiger partial charge in [-0.15, -0.1) is 0 Å². The number of rotatable bonds is 7. The van der Waals surface area contributed by atoms with Crippen LogP contribution in [0.3, 0.4) is 0 Å². The lowest BCUT2D eigenvalue weighted by atomic mass is 10.2. The summed E-state index contributed by atoms with van der Waals surface area (Å²) in [5, 5.41) is 11.6. The molecule has 1 atom stereocenters. The van der Waals surface area contributed by atoms with Crippen molar-refractivity contribution in [1.29, 1.82) is 0 Å². The van der Waals surface area contributed by atoms with Gasteiger partial charge in [0.15, 0.2) is 0 Å². The van der Waals surface area contributed by atoms with Gasteiger partial charge in [0.1, 0.15) is 5.58 Å². The van der Waals surface area contributed by atoms with Gasteiger partial charge >= 0.3 is 0 Å². The molecule has 0 aliphatic heterocycles. The van der Waals surface area contributed by atoms with Crippen molar-refractivity contribution in [2.75, 3.05) is 4.72 Å². The first-order valence-corrected chi connectivity index (χ1v) is 11.9. The van der Waals surface area contributed by atoms with E-state index in [9.17, 15) is 22.7 Å². The molecule has 10 heteroatoms. The Balaban J connectivity index is 1.57. The molecule has 1 aromatic heterocycles. The molecular weight excluding hydrogens is 440 g/mol. The molecule has 1 unspecified atom stereocenters. The maximum atomic E-state index is 12.8. The average molecular weight is 457 g/mol. The minimum absolute atomic E-state index is 0.0725. The van der Waals surface area contributed by atoms with Crippen LogP contribution in [0.1, 0.15) is 5.56 Å². The van der Waals surface area contributed by atoms with E-state index in [4.69, 9.17) is 4.42 Å². The number of benzene rings is 3. The summed E-state index contributed by atoms with van der Waals surface area (Å²) in [6, 6.07) is 20.5. The first-order chi connectivity index (χ1) is 14.8. The molecule has 0 saturated heterocycles. The second-order valence-corrected chi connectivity index (χ2v) is 9.68. The SMILES string of the molecule is O=[N+]([O-])c1ccccc1CS(=O)c1cccc(NS(=O)(=O)c2cc3ccccc3o2)c1. The summed E-state index contributed by atoms with van der Waals surface area (Å²) in [6.45, 7) is 0. The predicted octanol–water partition coefficient (Wildman–Crippen LogP) is 4.45. The van der Waals surface area contributed by atoms with Crippen molar-refractivity contribution < 1.29 is 22.0 Å². The maximum absolute atomic E-state index is 12.8. The summed E-state index contributed by atoms with van der Waals surface area (Å²) >= 11 is 0. The first-order valence-electron chi connectivity index (χ1n) is 9.06. The Bertz CT molecular complexity index is 1380. The van der Waals surface area contributed by atoms with Crippen LogP contribution >= 0.6 is 0 Å². The number of anilines is 1.